The normalized spacial score (nSPS) is 13.0. The van der Waals surface area contributed by atoms with Gasteiger partial charge in [-0.2, -0.15) is 0 Å². The number of rotatable bonds is 6. The van der Waals surface area contributed by atoms with E-state index in [0.29, 0.717) is 11.3 Å². The average Bonchev–Trinajstić information content (AvgIpc) is 2.99. The molecule has 0 aliphatic rings. The van der Waals surface area contributed by atoms with Gasteiger partial charge in [0.2, 0.25) is 0 Å². The van der Waals surface area contributed by atoms with E-state index in [0.717, 1.165) is 0 Å². The second-order valence-electron chi connectivity index (χ2n) is 5.31. The molecule has 0 saturated carbocycles. The van der Waals surface area contributed by atoms with Crippen LogP contribution in [0.4, 0.5) is 0 Å². The molecule has 1 atom stereocenters. The smallest absolute Gasteiger partial charge is 0.334 e. The molecule has 122 valence electrons. The first-order valence-electron chi connectivity index (χ1n) is 7.09. The zero-order valence-electron chi connectivity index (χ0n) is 13.3. The topological polar surface area (TPSA) is 77.8 Å². The van der Waals surface area contributed by atoms with Gasteiger partial charge >= 0.3 is 5.97 Å². The standard InChI is InChI=1S/C17H19NO5/c1-12-9-10-22-14(12)15(19)18-17(2,16(20)21-3)11-23-13-7-5-4-6-8-13/h4-10H,11H2,1-3H3,(H,18,19)/t17-/m0/s1. The summed E-state index contributed by atoms with van der Waals surface area (Å²) in [5.74, 6) is -0.367. The van der Waals surface area contributed by atoms with E-state index < -0.39 is 17.4 Å². The Kier molecular flexibility index (Phi) is 5.05. The summed E-state index contributed by atoms with van der Waals surface area (Å²) in [7, 11) is 1.26. The molecule has 0 saturated heterocycles. The highest BCUT2D eigenvalue weighted by atomic mass is 16.5. The van der Waals surface area contributed by atoms with Crippen LogP contribution in [0.25, 0.3) is 0 Å². The molecule has 1 aromatic carbocycles. The number of furan rings is 1. The summed E-state index contributed by atoms with van der Waals surface area (Å²) < 4.78 is 15.5. The van der Waals surface area contributed by atoms with Gasteiger partial charge in [-0.3, -0.25) is 4.79 Å². The van der Waals surface area contributed by atoms with Crippen molar-refractivity contribution in [2.24, 2.45) is 0 Å². The van der Waals surface area contributed by atoms with E-state index >= 15 is 0 Å². The lowest BCUT2D eigenvalue weighted by Crippen LogP contribution is -2.56. The van der Waals surface area contributed by atoms with Crippen molar-refractivity contribution in [2.45, 2.75) is 19.4 Å². The van der Waals surface area contributed by atoms with Crippen LogP contribution < -0.4 is 10.1 Å². The second kappa shape index (κ2) is 7.00. The predicted octanol–water partition coefficient (Wildman–Crippen LogP) is 2.33. The molecule has 0 bridgehead atoms. The minimum Gasteiger partial charge on any atom is -0.491 e. The van der Waals surface area contributed by atoms with Crippen molar-refractivity contribution in [2.75, 3.05) is 13.7 Å². The maximum Gasteiger partial charge on any atom is 0.334 e. The van der Waals surface area contributed by atoms with E-state index in [-0.39, 0.29) is 12.4 Å². The number of para-hydroxylation sites is 1. The SMILES string of the molecule is COC(=O)[C@](C)(COc1ccccc1)NC(=O)c1occc1C. The third-order valence-corrected chi connectivity index (χ3v) is 3.36. The number of esters is 1. The molecule has 0 unspecified atom stereocenters. The molecular weight excluding hydrogens is 298 g/mol. The summed E-state index contributed by atoms with van der Waals surface area (Å²) in [6.07, 6.45) is 1.42. The first-order valence-corrected chi connectivity index (χ1v) is 7.09. The van der Waals surface area contributed by atoms with Crippen molar-refractivity contribution < 1.29 is 23.5 Å². The van der Waals surface area contributed by atoms with E-state index in [1.165, 1.54) is 20.3 Å². The van der Waals surface area contributed by atoms with Crippen molar-refractivity contribution in [3.63, 3.8) is 0 Å². The number of aryl methyl sites for hydroxylation is 1. The molecule has 2 aromatic rings. The molecule has 6 nitrogen and oxygen atoms in total. The molecule has 2 rings (SSSR count). The van der Waals surface area contributed by atoms with Gasteiger partial charge in [0, 0.05) is 5.56 Å². The van der Waals surface area contributed by atoms with E-state index in [4.69, 9.17) is 13.9 Å². The van der Waals surface area contributed by atoms with Gasteiger partial charge in [-0.15, -0.1) is 0 Å². The van der Waals surface area contributed by atoms with Crippen molar-refractivity contribution in [1.82, 2.24) is 5.32 Å². The van der Waals surface area contributed by atoms with Crippen LogP contribution >= 0.6 is 0 Å². The van der Waals surface area contributed by atoms with Gasteiger partial charge in [0.05, 0.1) is 13.4 Å². The maximum atomic E-state index is 12.3. The summed E-state index contributed by atoms with van der Waals surface area (Å²) in [6.45, 7) is 3.21. The molecule has 23 heavy (non-hydrogen) atoms. The highest BCUT2D eigenvalue weighted by molar-refractivity contribution is 5.97. The zero-order chi connectivity index (χ0) is 16.9. The Hall–Kier alpha value is -2.76. The van der Waals surface area contributed by atoms with E-state index in [1.807, 2.05) is 18.2 Å². The number of ether oxygens (including phenoxy) is 2. The van der Waals surface area contributed by atoms with Crippen LogP contribution in [-0.2, 0) is 9.53 Å². The van der Waals surface area contributed by atoms with Crippen LogP contribution in [0.1, 0.15) is 23.0 Å². The summed E-state index contributed by atoms with van der Waals surface area (Å²) >= 11 is 0. The molecule has 6 heteroatoms. The van der Waals surface area contributed by atoms with Gasteiger partial charge in [-0.25, -0.2) is 4.79 Å². The highest BCUT2D eigenvalue weighted by Crippen LogP contribution is 2.16. The summed E-state index contributed by atoms with van der Waals surface area (Å²) in [5, 5.41) is 2.63. The van der Waals surface area contributed by atoms with Gasteiger partial charge < -0.3 is 19.2 Å². The number of benzene rings is 1. The Balaban J connectivity index is 2.13. The van der Waals surface area contributed by atoms with Crippen LogP contribution in [-0.4, -0.2) is 31.1 Å². The number of amides is 1. The third kappa shape index (κ3) is 3.91. The molecular formula is C17H19NO5. The largest absolute Gasteiger partial charge is 0.491 e. The molecule has 0 aliphatic carbocycles. The number of methoxy groups -OCH3 is 1. The van der Waals surface area contributed by atoms with E-state index in [1.54, 1.807) is 25.1 Å². The minimum atomic E-state index is -1.35. The molecule has 1 N–H and O–H groups in total. The molecule has 1 aromatic heterocycles. The minimum absolute atomic E-state index is 0.0742. The Morgan fingerprint density at radius 3 is 2.48 bits per heavy atom. The van der Waals surface area contributed by atoms with Crippen LogP contribution in [0.5, 0.6) is 5.75 Å². The van der Waals surface area contributed by atoms with Gasteiger partial charge in [0.1, 0.15) is 12.4 Å². The van der Waals surface area contributed by atoms with Crippen LogP contribution in [0.3, 0.4) is 0 Å². The Morgan fingerprint density at radius 1 is 1.22 bits per heavy atom. The van der Waals surface area contributed by atoms with E-state index in [2.05, 4.69) is 5.32 Å². The fourth-order valence-electron chi connectivity index (χ4n) is 2.03. The van der Waals surface area contributed by atoms with Gasteiger partial charge in [0.25, 0.3) is 5.91 Å². The maximum absolute atomic E-state index is 12.3. The van der Waals surface area contributed by atoms with E-state index in [9.17, 15) is 9.59 Å². The number of hydrogen-bond acceptors (Lipinski definition) is 5. The second-order valence-corrected chi connectivity index (χ2v) is 5.31. The quantitative estimate of drug-likeness (QED) is 0.827. The number of nitrogens with one attached hydrogen (secondary N) is 1. The number of carbonyl (C=O) groups excluding carboxylic acids is 2. The summed E-state index contributed by atoms with van der Waals surface area (Å²) in [6, 6.07) is 10.7. The monoisotopic (exact) mass is 317 g/mol. The average molecular weight is 317 g/mol. The van der Waals surface area contributed by atoms with Crippen molar-refractivity contribution in [1.29, 1.82) is 0 Å². The predicted molar refractivity (Wildman–Crippen MR) is 83.3 cm³/mol. The van der Waals surface area contributed by atoms with Gasteiger partial charge in [-0.05, 0) is 32.0 Å². The Morgan fingerprint density at radius 2 is 1.91 bits per heavy atom. The lowest BCUT2D eigenvalue weighted by Gasteiger charge is -2.27. The van der Waals surface area contributed by atoms with Crippen LogP contribution in [0.15, 0.2) is 47.1 Å². The molecule has 0 aliphatic heterocycles. The molecule has 1 amide bonds. The molecule has 0 radical (unpaired) electrons. The summed E-state index contributed by atoms with van der Waals surface area (Å²) in [4.78, 5) is 24.4. The molecule has 1 heterocycles. The van der Waals surface area contributed by atoms with Crippen molar-refractivity contribution >= 4 is 11.9 Å². The zero-order valence-corrected chi connectivity index (χ0v) is 13.3. The van der Waals surface area contributed by atoms with Crippen LogP contribution in [0.2, 0.25) is 0 Å². The number of carbonyl (C=O) groups is 2. The Bertz CT molecular complexity index is 679. The van der Waals surface area contributed by atoms with Crippen LogP contribution in [0, 0.1) is 6.92 Å². The van der Waals surface area contributed by atoms with Gasteiger partial charge in [-0.1, -0.05) is 18.2 Å². The van der Waals surface area contributed by atoms with Gasteiger partial charge in [0.15, 0.2) is 11.3 Å². The Labute approximate surface area is 134 Å². The first kappa shape index (κ1) is 16.6. The fraction of sp³-hybridized carbons (Fsp3) is 0.294. The highest BCUT2D eigenvalue weighted by Gasteiger charge is 2.38. The summed E-state index contributed by atoms with van der Waals surface area (Å²) in [5.41, 5.74) is -0.667. The molecule has 0 spiro atoms. The lowest BCUT2D eigenvalue weighted by molar-refractivity contribution is -0.148. The van der Waals surface area contributed by atoms with Crippen molar-refractivity contribution in [3.05, 3.63) is 54.0 Å². The fourth-order valence-corrected chi connectivity index (χ4v) is 2.03. The molecule has 0 fully saturated rings. The third-order valence-electron chi connectivity index (χ3n) is 3.36. The lowest BCUT2D eigenvalue weighted by atomic mass is 10.0. The van der Waals surface area contributed by atoms with Crippen molar-refractivity contribution in [3.8, 4) is 5.75 Å². The first-order chi connectivity index (χ1) is 11.0. The number of hydrogen-bond donors (Lipinski definition) is 1.